The zero-order valence-corrected chi connectivity index (χ0v) is 32.7. The van der Waals surface area contributed by atoms with E-state index in [4.69, 9.17) is 28.0 Å². The molecule has 14 heteroatoms. The lowest BCUT2D eigenvalue weighted by molar-refractivity contribution is -0.0987. The Balaban J connectivity index is 1.66. The predicted molar refractivity (Wildman–Crippen MR) is 204 cm³/mol. The van der Waals surface area contributed by atoms with Crippen molar-refractivity contribution in [2.45, 2.75) is 83.6 Å². The normalized spacial score (nSPS) is 18.5. The highest BCUT2D eigenvalue weighted by molar-refractivity contribution is 7.51. The van der Waals surface area contributed by atoms with Crippen LogP contribution in [0.4, 0.5) is 0 Å². The van der Waals surface area contributed by atoms with Gasteiger partial charge in [0.25, 0.3) is 5.56 Å². The Bertz CT molecular complexity index is 1990. The number of nitrogens with one attached hydrogen (secondary N) is 1. The quantitative estimate of drug-likeness (QED) is 0.0695. The minimum atomic E-state index is -4.01. The number of nitrogens with zero attached hydrogens (tertiary/aromatic N) is 3. The number of methoxy groups -OCH3 is 2. The van der Waals surface area contributed by atoms with Gasteiger partial charge >= 0.3 is 13.4 Å². The number of ether oxygens (including phenoxy) is 4. The largest absolute Gasteiger partial charge is 0.497 e. The van der Waals surface area contributed by atoms with Crippen molar-refractivity contribution in [1.29, 1.82) is 5.26 Å². The fourth-order valence-corrected chi connectivity index (χ4v) is 9.04. The Morgan fingerprint density at radius 1 is 0.907 bits per heavy atom. The third-order valence-corrected chi connectivity index (χ3v) is 11.8. The van der Waals surface area contributed by atoms with Gasteiger partial charge in [-0.15, -0.1) is 0 Å². The molecule has 1 unspecified atom stereocenters. The molecule has 1 saturated heterocycles. The van der Waals surface area contributed by atoms with Crippen molar-refractivity contribution in [2.24, 2.45) is 0 Å². The van der Waals surface area contributed by atoms with Crippen molar-refractivity contribution >= 4 is 7.75 Å². The molecule has 1 aliphatic rings. The molecule has 0 bridgehead atoms. The number of rotatable bonds is 17. The molecule has 4 aromatic rings. The first-order valence-electron chi connectivity index (χ1n) is 17.9. The van der Waals surface area contributed by atoms with Crippen LogP contribution in [-0.2, 0) is 28.7 Å². The lowest BCUT2D eigenvalue weighted by Gasteiger charge is -2.40. The van der Waals surface area contributed by atoms with Gasteiger partial charge in [0.1, 0.15) is 29.4 Å². The summed E-state index contributed by atoms with van der Waals surface area (Å²) < 4.78 is 54.8. The van der Waals surface area contributed by atoms with Crippen molar-refractivity contribution in [2.75, 3.05) is 27.4 Å². The van der Waals surface area contributed by atoms with Gasteiger partial charge < -0.3 is 18.9 Å². The van der Waals surface area contributed by atoms with E-state index < -0.39 is 43.0 Å². The Hall–Kier alpha value is -4.54. The maximum Gasteiger partial charge on any atom is 0.408 e. The second-order valence-corrected chi connectivity index (χ2v) is 15.5. The van der Waals surface area contributed by atoms with E-state index >= 15 is 0 Å². The van der Waals surface area contributed by atoms with Crippen molar-refractivity contribution < 1.29 is 32.6 Å². The van der Waals surface area contributed by atoms with Gasteiger partial charge in [0.05, 0.1) is 46.0 Å². The molecule has 13 nitrogen and oxygen atoms in total. The van der Waals surface area contributed by atoms with E-state index in [2.05, 4.69) is 4.98 Å². The van der Waals surface area contributed by atoms with Crippen LogP contribution in [0.5, 0.6) is 11.5 Å². The first kappa shape index (κ1) is 40.6. The van der Waals surface area contributed by atoms with Gasteiger partial charge in [-0.05, 0) is 75.6 Å². The van der Waals surface area contributed by atoms with Crippen LogP contribution in [0.25, 0.3) is 0 Å². The van der Waals surface area contributed by atoms with Gasteiger partial charge in [-0.25, -0.2) is 14.0 Å². The number of aromatic amines is 1. The molecule has 0 saturated carbocycles. The molecule has 5 rings (SSSR count). The second kappa shape index (κ2) is 17.7. The highest BCUT2D eigenvalue weighted by Crippen LogP contribution is 2.55. The van der Waals surface area contributed by atoms with Gasteiger partial charge in [-0.1, -0.05) is 54.6 Å². The number of H-pyrrole nitrogens is 1. The van der Waals surface area contributed by atoms with E-state index in [-0.39, 0.29) is 38.1 Å². The Morgan fingerprint density at radius 2 is 1.46 bits per heavy atom. The minimum absolute atomic E-state index is 0.0168. The van der Waals surface area contributed by atoms with Crippen LogP contribution in [0.15, 0.2) is 94.6 Å². The molecule has 0 aliphatic carbocycles. The Kier molecular flexibility index (Phi) is 13.3. The van der Waals surface area contributed by atoms with Gasteiger partial charge in [0.2, 0.25) is 0 Å². The molecule has 0 spiro atoms. The molecule has 1 N–H and O–H groups in total. The summed E-state index contributed by atoms with van der Waals surface area (Å²) in [4.78, 5) is 27.9. The van der Waals surface area contributed by atoms with Gasteiger partial charge in [0.15, 0.2) is 0 Å². The van der Waals surface area contributed by atoms with Gasteiger partial charge in [-0.3, -0.25) is 23.4 Å². The molecule has 1 aromatic heterocycles. The SMILES string of the molecule is COc1ccc(C(O[C@@H]2C[C@@H](n3cc(C)c(=O)[nH]c3=O)O[C@H]2COP(=O)(OCCC#N)N(C(C)C)C(C)C)(c2ccccc2)c2ccc(OC)cc2)cc1. The first-order valence-corrected chi connectivity index (χ1v) is 19.4. The minimum Gasteiger partial charge on any atom is -0.497 e. The number of nitriles is 1. The fourth-order valence-electron chi connectivity index (χ4n) is 6.91. The molecule has 4 atom stereocenters. The highest BCUT2D eigenvalue weighted by Gasteiger charge is 2.48. The summed E-state index contributed by atoms with van der Waals surface area (Å²) in [7, 11) is -0.806. The lowest BCUT2D eigenvalue weighted by atomic mass is 9.79. The summed E-state index contributed by atoms with van der Waals surface area (Å²) in [5.41, 5.74) is 0.269. The lowest BCUT2D eigenvalue weighted by Crippen LogP contribution is -2.41. The molecule has 288 valence electrons. The molecule has 2 heterocycles. The van der Waals surface area contributed by atoms with E-state index in [9.17, 15) is 19.4 Å². The van der Waals surface area contributed by atoms with Crippen LogP contribution in [0, 0.1) is 18.3 Å². The Morgan fingerprint density at radius 3 is 1.98 bits per heavy atom. The van der Waals surface area contributed by atoms with Crippen LogP contribution in [-0.4, -0.2) is 65.9 Å². The maximum absolute atomic E-state index is 14.6. The van der Waals surface area contributed by atoms with Crippen molar-refractivity contribution in [1.82, 2.24) is 14.2 Å². The third kappa shape index (κ3) is 8.71. The summed E-state index contributed by atoms with van der Waals surface area (Å²) in [6.45, 7) is 8.81. The number of aromatic nitrogens is 2. The van der Waals surface area contributed by atoms with Crippen LogP contribution in [0.2, 0.25) is 0 Å². The molecule has 0 radical (unpaired) electrons. The number of hydrogen-bond donors (Lipinski definition) is 1. The summed E-state index contributed by atoms with van der Waals surface area (Å²) in [6.07, 6.45) is -0.961. The van der Waals surface area contributed by atoms with Crippen molar-refractivity contribution in [3.8, 4) is 17.6 Å². The molecule has 54 heavy (non-hydrogen) atoms. The molecule has 1 aliphatic heterocycles. The maximum atomic E-state index is 14.6. The molecule has 3 aromatic carbocycles. The predicted octanol–water partition coefficient (Wildman–Crippen LogP) is 6.70. The van der Waals surface area contributed by atoms with E-state index in [1.165, 1.54) is 10.8 Å². The average molecular weight is 761 g/mol. The monoisotopic (exact) mass is 760 g/mol. The van der Waals surface area contributed by atoms with E-state index in [0.717, 1.165) is 16.7 Å². The van der Waals surface area contributed by atoms with Crippen molar-refractivity contribution in [3.05, 3.63) is 128 Å². The van der Waals surface area contributed by atoms with E-state index in [0.29, 0.717) is 17.1 Å². The average Bonchev–Trinajstić information content (AvgIpc) is 3.56. The zero-order chi connectivity index (χ0) is 39.0. The van der Waals surface area contributed by atoms with Gasteiger partial charge in [-0.2, -0.15) is 5.26 Å². The Labute approximate surface area is 315 Å². The number of hydrogen-bond acceptors (Lipinski definition) is 10. The number of aryl methyl sites for hydroxylation is 1. The topological polar surface area (TPSA) is 154 Å². The summed E-state index contributed by atoms with van der Waals surface area (Å²) in [6, 6.07) is 26.5. The van der Waals surface area contributed by atoms with E-state index in [1.54, 1.807) is 25.8 Å². The van der Waals surface area contributed by atoms with Gasteiger partial charge in [0, 0.05) is 30.3 Å². The second-order valence-electron chi connectivity index (χ2n) is 13.6. The molecular formula is C40H49N4O9P. The highest BCUT2D eigenvalue weighted by atomic mass is 31.2. The summed E-state index contributed by atoms with van der Waals surface area (Å²) >= 11 is 0. The van der Waals surface area contributed by atoms with Crippen LogP contribution in [0.3, 0.4) is 0 Å². The molecular weight excluding hydrogens is 711 g/mol. The fraction of sp³-hybridized carbons (Fsp3) is 0.425. The molecule has 1 fully saturated rings. The summed E-state index contributed by atoms with van der Waals surface area (Å²) in [5, 5.41) is 9.23. The van der Waals surface area contributed by atoms with E-state index in [1.807, 2.05) is 113 Å². The first-order chi connectivity index (χ1) is 25.9. The van der Waals surface area contributed by atoms with Crippen LogP contribution in [0.1, 0.15) is 69.0 Å². The third-order valence-electron chi connectivity index (χ3n) is 9.35. The van der Waals surface area contributed by atoms with Crippen molar-refractivity contribution in [3.63, 3.8) is 0 Å². The summed E-state index contributed by atoms with van der Waals surface area (Å²) in [5.74, 6) is 1.32. The van der Waals surface area contributed by atoms with Crippen LogP contribution < -0.4 is 20.7 Å². The van der Waals surface area contributed by atoms with Crippen LogP contribution >= 0.6 is 7.75 Å². The number of benzene rings is 3. The standard InChI is InChI=1S/C40H49N4O9P/c1-27(2)44(28(3)4)54(47,50-23-11-22-41)51-26-36-35(24-37(52-36)43-25-29(5)38(45)42-39(43)46)53-40(30-12-9-8-10-13-30,31-14-18-33(48-6)19-15-31)32-16-20-34(49-7)21-17-32/h8-10,12-21,25,27-28,35-37H,11,23-24,26H2,1-7H3,(H,42,45,46)/t35-,36+,37+,54?/m1/s1. The zero-order valence-electron chi connectivity index (χ0n) is 31.8. The molecule has 0 amide bonds. The smallest absolute Gasteiger partial charge is 0.408 e.